The molecule has 0 unspecified atom stereocenters. The van der Waals surface area contributed by atoms with Crippen LogP contribution in [0, 0.1) is 0 Å². The molecule has 0 atom stereocenters. The quantitative estimate of drug-likeness (QED) is 0.645. The fourth-order valence-corrected chi connectivity index (χ4v) is 2.16. The minimum Gasteiger partial charge on any atom is -0.494 e. The molecule has 0 radical (unpaired) electrons. The van der Waals surface area contributed by atoms with Crippen molar-refractivity contribution in [1.82, 2.24) is 0 Å². The van der Waals surface area contributed by atoms with E-state index in [4.69, 9.17) is 15.2 Å². The van der Waals surface area contributed by atoms with Crippen molar-refractivity contribution in [3.05, 3.63) is 23.8 Å². The average Bonchev–Trinajstić information content (AvgIpc) is 2.81. The Kier molecular flexibility index (Phi) is 3.52. The van der Waals surface area contributed by atoms with E-state index in [0.717, 1.165) is 25.7 Å². The topological polar surface area (TPSA) is 61.5 Å². The van der Waals surface area contributed by atoms with Gasteiger partial charge in [0.15, 0.2) is 5.75 Å². The van der Waals surface area contributed by atoms with Gasteiger partial charge in [0.05, 0.1) is 12.8 Å². The van der Waals surface area contributed by atoms with Crippen LogP contribution in [0.5, 0.6) is 5.75 Å². The Hall–Kier alpha value is -1.71. The smallest absolute Gasteiger partial charge is 0.342 e. The van der Waals surface area contributed by atoms with Crippen molar-refractivity contribution in [3.8, 4) is 5.75 Å². The molecule has 0 saturated heterocycles. The van der Waals surface area contributed by atoms with Crippen LogP contribution in [0.2, 0.25) is 0 Å². The van der Waals surface area contributed by atoms with Crippen LogP contribution < -0.4 is 10.5 Å². The molecule has 17 heavy (non-hydrogen) atoms. The molecular weight excluding hydrogens is 218 g/mol. The highest BCUT2D eigenvalue weighted by molar-refractivity contribution is 5.94. The van der Waals surface area contributed by atoms with Crippen molar-refractivity contribution >= 4 is 11.7 Å². The average molecular weight is 235 g/mol. The number of carbonyl (C=O) groups is 1. The number of carbonyl (C=O) groups excluding carboxylic acids is 1. The zero-order valence-electron chi connectivity index (χ0n) is 9.94. The first kappa shape index (κ1) is 11.8. The van der Waals surface area contributed by atoms with E-state index in [2.05, 4.69) is 0 Å². The number of nitrogens with two attached hydrogens (primary N) is 1. The highest BCUT2D eigenvalue weighted by Gasteiger charge is 2.22. The van der Waals surface area contributed by atoms with Crippen LogP contribution >= 0.6 is 0 Å². The maximum atomic E-state index is 12.0. The standard InChI is InChI=1S/C13H17NO3/c1-16-12-10(7-4-8-11(12)14)13(15)17-9-5-2-3-6-9/h4,7-9H,2-3,5-6,14H2,1H3. The molecule has 1 fully saturated rings. The maximum Gasteiger partial charge on any atom is 0.342 e. The van der Waals surface area contributed by atoms with Gasteiger partial charge in [0.25, 0.3) is 0 Å². The van der Waals surface area contributed by atoms with Crippen molar-refractivity contribution in [2.24, 2.45) is 0 Å². The Labute approximate surface area is 101 Å². The van der Waals surface area contributed by atoms with Gasteiger partial charge in [0.2, 0.25) is 0 Å². The Morgan fingerprint density at radius 2 is 2.06 bits per heavy atom. The number of benzene rings is 1. The van der Waals surface area contributed by atoms with Crippen molar-refractivity contribution in [3.63, 3.8) is 0 Å². The summed E-state index contributed by atoms with van der Waals surface area (Å²) >= 11 is 0. The third kappa shape index (κ3) is 2.52. The summed E-state index contributed by atoms with van der Waals surface area (Å²) in [7, 11) is 1.50. The summed E-state index contributed by atoms with van der Waals surface area (Å²) in [6.07, 6.45) is 4.22. The first-order chi connectivity index (χ1) is 8.22. The van der Waals surface area contributed by atoms with Crippen LogP contribution in [-0.4, -0.2) is 19.2 Å². The number of nitrogen functional groups attached to an aromatic ring is 1. The minimum atomic E-state index is -0.346. The van der Waals surface area contributed by atoms with E-state index in [1.54, 1.807) is 18.2 Å². The number of anilines is 1. The van der Waals surface area contributed by atoms with Gasteiger partial charge in [-0.05, 0) is 37.8 Å². The second-order valence-corrected chi connectivity index (χ2v) is 4.24. The molecule has 4 heteroatoms. The lowest BCUT2D eigenvalue weighted by atomic mass is 10.1. The summed E-state index contributed by atoms with van der Waals surface area (Å²) in [5.74, 6) is 0.0524. The lowest BCUT2D eigenvalue weighted by Crippen LogP contribution is -2.15. The number of rotatable bonds is 3. The van der Waals surface area contributed by atoms with Gasteiger partial charge >= 0.3 is 5.97 Å². The maximum absolute atomic E-state index is 12.0. The second-order valence-electron chi connectivity index (χ2n) is 4.24. The van der Waals surface area contributed by atoms with Gasteiger partial charge < -0.3 is 15.2 Å². The third-order valence-corrected chi connectivity index (χ3v) is 3.05. The highest BCUT2D eigenvalue weighted by Crippen LogP contribution is 2.28. The molecular formula is C13H17NO3. The van der Waals surface area contributed by atoms with Crippen LogP contribution in [0.4, 0.5) is 5.69 Å². The summed E-state index contributed by atoms with van der Waals surface area (Å²) in [6.45, 7) is 0. The summed E-state index contributed by atoms with van der Waals surface area (Å²) in [5.41, 5.74) is 6.60. The van der Waals surface area contributed by atoms with Gasteiger partial charge in [0.1, 0.15) is 11.7 Å². The van der Waals surface area contributed by atoms with E-state index in [0.29, 0.717) is 17.0 Å². The summed E-state index contributed by atoms with van der Waals surface area (Å²) in [4.78, 5) is 12.0. The van der Waals surface area contributed by atoms with Crippen LogP contribution in [0.15, 0.2) is 18.2 Å². The van der Waals surface area contributed by atoms with Crippen molar-refractivity contribution in [2.75, 3.05) is 12.8 Å². The van der Waals surface area contributed by atoms with Crippen LogP contribution in [0.25, 0.3) is 0 Å². The molecule has 1 aromatic rings. The molecule has 1 aliphatic rings. The molecule has 0 amide bonds. The minimum absolute atomic E-state index is 0.0497. The van der Waals surface area contributed by atoms with Crippen LogP contribution in [0.1, 0.15) is 36.0 Å². The summed E-state index contributed by atoms with van der Waals surface area (Å²) < 4.78 is 10.6. The molecule has 0 heterocycles. The van der Waals surface area contributed by atoms with Crippen molar-refractivity contribution in [1.29, 1.82) is 0 Å². The first-order valence-electron chi connectivity index (χ1n) is 5.86. The monoisotopic (exact) mass is 235 g/mol. The molecule has 4 nitrogen and oxygen atoms in total. The van der Waals surface area contributed by atoms with E-state index in [1.165, 1.54) is 7.11 Å². The third-order valence-electron chi connectivity index (χ3n) is 3.05. The fourth-order valence-electron chi connectivity index (χ4n) is 2.16. The van der Waals surface area contributed by atoms with Gasteiger partial charge in [-0.2, -0.15) is 0 Å². The molecule has 1 aliphatic carbocycles. The van der Waals surface area contributed by atoms with E-state index in [-0.39, 0.29) is 12.1 Å². The molecule has 92 valence electrons. The molecule has 0 spiro atoms. The fraction of sp³-hybridized carbons (Fsp3) is 0.462. The van der Waals surface area contributed by atoms with Crippen molar-refractivity contribution in [2.45, 2.75) is 31.8 Å². The van der Waals surface area contributed by atoms with Crippen LogP contribution in [0.3, 0.4) is 0 Å². The molecule has 0 aromatic heterocycles. The molecule has 1 aromatic carbocycles. The predicted molar refractivity (Wildman–Crippen MR) is 65.1 cm³/mol. The van der Waals surface area contributed by atoms with Gasteiger partial charge in [-0.1, -0.05) is 6.07 Å². The normalized spacial score (nSPS) is 15.8. The Morgan fingerprint density at radius 3 is 2.71 bits per heavy atom. The number of hydrogen-bond donors (Lipinski definition) is 1. The summed E-state index contributed by atoms with van der Waals surface area (Å²) in [6, 6.07) is 5.10. The largest absolute Gasteiger partial charge is 0.494 e. The molecule has 2 rings (SSSR count). The number of para-hydroxylation sites is 1. The van der Waals surface area contributed by atoms with Gasteiger partial charge in [-0.3, -0.25) is 0 Å². The number of esters is 1. The van der Waals surface area contributed by atoms with Gasteiger partial charge in [-0.15, -0.1) is 0 Å². The molecule has 0 aliphatic heterocycles. The number of ether oxygens (including phenoxy) is 2. The Morgan fingerprint density at radius 1 is 1.35 bits per heavy atom. The number of hydrogen-bond acceptors (Lipinski definition) is 4. The predicted octanol–water partition coefficient (Wildman–Crippen LogP) is 2.38. The highest BCUT2D eigenvalue weighted by atomic mass is 16.5. The SMILES string of the molecule is COc1c(N)cccc1C(=O)OC1CCCC1. The lowest BCUT2D eigenvalue weighted by molar-refractivity contribution is 0.0314. The second kappa shape index (κ2) is 5.08. The molecule has 0 bridgehead atoms. The van der Waals surface area contributed by atoms with E-state index >= 15 is 0 Å². The lowest BCUT2D eigenvalue weighted by Gasteiger charge is -2.14. The van der Waals surface area contributed by atoms with E-state index in [9.17, 15) is 4.79 Å². The van der Waals surface area contributed by atoms with Gasteiger partial charge in [-0.25, -0.2) is 4.79 Å². The van der Waals surface area contributed by atoms with Crippen LogP contribution in [-0.2, 0) is 4.74 Å². The van der Waals surface area contributed by atoms with E-state index < -0.39 is 0 Å². The Bertz CT molecular complexity index is 411. The molecule has 1 saturated carbocycles. The zero-order valence-corrected chi connectivity index (χ0v) is 9.94. The van der Waals surface area contributed by atoms with E-state index in [1.807, 2.05) is 0 Å². The van der Waals surface area contributed by atoms with Crippen molar-refractivity contribution < 1.29 is 14.3 Å². The number of methoxy groups -OCH3 is 1. The van der Waals surface area contributed by atoms with Gasteiger partial charge in [0, 0.05) is 0 Å². The first-order valence-corrected chi connectivity index (χ1v) is 5.86. The summed E-state index contributed by atoms with van der Waals surface area (Å²) in [5, 5.41) is 0. The molecule has 2 N–H and O–H groups in total. The zero-order chi connectivity index (χ0) is 12.3. The Balaban J connectivity index is 2.15.